The van der Waals surface area contributed by atoms with Crippen LogP contribution in [0.2, 0.25) is 0 Å². The summed E-state index contributed by atoms with van der Waals surface area (Å²) in [6.45, 7) is 3.34. The molecule has 3 heterocycles. The quantitative estimate of drug-likeness (QED) is 0.359. The van der Waals surface area contributed by atoms with E-state index in [4.69, 9.17) is 15.5 Å². The Morgan fingerprint density at radius 2 is 2.03 bits per heavy atom. The zero-order valence-electron chi connectivity index (χ0n) is 18.7. The molecule has 0 aliphatic heterocycles. The summed E-state index contributed by atoms with van der Waals surface area (Å²) in [5.41, 5.74) is 10.3. The summed E-state index contributed by atoms with van der Waals surface area (Å²) in [6.07, 6.45) is 5.83. The lowest BCUT2D eigenvalue weighted by atomic mass is 10.1. The van der Waals surface area contributed by atoms with E-state index in [1.165, 1.54) is 0 Å². The third kappa shape index (κ3) is 5.29. The van der Waals surface area contributed by atoms with Gasteiger partial charge < -0.3 is 21.1 Å². The van der Waals surface area contributed by atoms with Crippen LogP contribution in [-0.2, 0) is 18.4 Å². The molecule has 0 saturated carbocycles. The second kappa shape index (κ2) is 10.1. The number of nitrogens with one attached hydrogen (secondary N) is 2. The van der Waals surface area contributed by atoms with E-state index in [0.717, 1.165) is 29.7 Å². The van der Waals surface area contributed by atoms with E-state index in [9.17, 15) is 4.79 Å². The minimum atomic E-state index is -0.489. The lowest BCUT2D eigenvalue weighted by Crippen LogP contribution is -2.36. The van der Waals surface area contributed by atoms with Crippen LogP contribution in [0.4, 0.5) is 10.6 Å². The van der Waals surface area contributed by atoms with Crippen molar-refractivity contribution in [3.63, 3.8) is 0 Å². The molecule has 10 heteroatoms. The minimum absolute atomic E-state index is 0.210. The Bertz CT molecular complexity index is 1220. The topological polar surface area (TPSA) is 124 Å². The van der Waals surface area contributed by atoms with E-state index in [1.54, 1.807) is 27.7 Å². The van der Waals surface area contributed by atoms with Crippen LogP contribution in [0, 0.1) is 0 Å². The molecular weight excluding hydrogens is 420 g/mol. The summed E-state index contributed by atoms with van der Waals surface area (Å²) in [5.74, 6) is 0.458. The fraction of sp³-hybridized carbons (Fsp3) is 0.304. The molecule has 3 aromatic heterocycles. The van der Waals surface area contributed by atoms with Crippen molar-refractivity contribution in [2.24, 2.45) is 7.05 Å². The maximum Gasteiger partial charge on any atom is 0.407 e. The molecule has 0 aliphatic rings. The zero-order chi connectivity index (χ0) is 23.2. The fourth-order valence-electron chi connectivity index (χ4n) is 3.51. The largest absolute Gasteiger partial charge is 0.445 e. The summed E-state index contributed by atoms with van der Waals surface area (Å²) < 4.78 is 8.66. The number of fused-ring (bicyclic) bond motifs is 1. The van der Waals surface area contributed by atoms with Gasteiger partial charge in [0, 0.05) is 37.0 Å². The highest BCUT2D eigenvalue weighted by atomic mass is 16.5. The van der Waals surface area contributed by atoms with Crippen molar-refractivity contribution < 1.29 is 9.53 Å². The van der Waals surface area contributed by atoms with Gasteiger partial charge in [0.1, 0.15) is 12.4 Å². The minimum Gasteiger partial charge on any atom is -0.445 e. The average molecular weight is 449 g/mol. The van der Waals surface area contributed by atoms with Gasteiger partial charge in [0.25, 0.3) is 0 Å². The van der Waals surface area contributed by atoms with Crippen molar-refractivity contribution in [2.45, 2.75) is 26.0 Å². The number of benzene rings is 1. The molecule has 1 atom stereocenters. The number of ether oxygens (including phenoxy) is 1. The first-order valence-electron chi connectivity index (χ1n) is 10.9. The Balaban J connectivity index is 1.52. The van der Waals surface area contributed by atoms with Crippen molar-refractivity contribution in [1.29, 1.82) is 0 Å². The summed E-state index contributed by atoms with van der Waals surface area (Å²) in [4.78, 5) is 17.1. The molecule has 1 aromatic carbocycles. The van der Waals surface area contributed by atoms with Crippen LogP contribution in [0.3, 0.4) is 0 Å². The lowest BCUT2D eigenvalue weighted by Gasteiger charge is -2.19. The van der Waals surface area contributed by atoms with Gasteiger partial charge in [0.15, 0.2) is 5.65 Å². The highest BCUT2D eigenvalue weighted by Gasteiger charge is 2.19. The summed E-state index contributed by atoms with van der Waals surface area (Å²) >= 11 is 0. The van der Waals surface area contributed by atoms with Gasteiger partial charge in [-0.1, -0.05) is 37.3 Å². The molecule has 10 nitrogen and oxygen atoms in total. The predicted octanol–water partition coefficient (Wildman–Crippen LogP) is 2.68. The van der Waals surface area contributed by atoms with Crippen molar-refractivity contribution in [2.75, 3.05) is 18.8 Å². The van der Waals surface area contributed by atoms with Crippen LogP contribution in [0.25, 0.3) is 16.8 Å². The van der Waals surface area contributed by atoms with Gasteiger partial charge in [0.05, 0.1) is 24.1 Å². The van der Waals surface area contributed by atoms with Crippen LogP contribution < -0.4 is 16.4 Å². The van der Waals surface area contributed by atoms with Gasteiger partial charge in [-0.25, -0.2) is 9.78 Å². The Hall–Kier alpha value is -3.92. The number of alkyl carbamates (subject to hydrolysis) is 1. The first kappa shape index (κ1) is 22.3. The number of hydrogen-bond donors (Lipinski definition) is 3. The van der Waals surface area contributed by atoms with E-state index in [0.29, 0.717) is 23.7 Å². The number of nitrogen functional groups attached to an aromatic ring is 1. The number of amides is 1. The van der Waals surface area contributed by atoms with Gasteiger partial charge in [0.2, 0.25) is 0 Å². The van der Waals surface area contributed by atoms with E-state index in [1.807, 2.05) is 43.6 Å². The number of carbonyl (C=O) groups excluding carboxylic acids is 1. The first-order chi connectivity index (χ1) is 16.0. The Labute approximate surface area is 191 Å². The summed E-state index contributed by atoms with van der Waals surface area (Å²) in [6, 6.07) is 11.1. The molecule has 33 heavy (non-hydrogen) atoms. The highest BCUT2D eigenvalue weighted by Crippen LogP contribution is 2.26. The normalized spacial score (nSPS) is 12.1. The van der Waals surface area contributed by atoms with E-state index in [2.05, 4.69) is 27.8 Å². The van der Waals surface area contributed by atoms with Crippen molar-refractivity contribution in [3.8, 4) is 11.1 Å². The zero-order valence-corrected chi connectivity index (χ0v) is 18.7. The van der Waals surface area contributed by atoms with E-state index in [-0.39, 0.29) is 12.6 Å². The Morgan fingerprint density at radius 3 is 2.76 bits per heavy atom. The second-order valence-corrected chi connectivity index (χ2v) is 7.75. The van der Waals surface area contributed by atoms with Crippen LogP contribution in [0.5, 0.6) is 0 Å². The highest BCUT2D eigenvalue weighted by molar-refractivity contribution is 5.77. The van der Waals surface area contributed by atoms with Crippen LogP contribution in [-0.4, -0.2) is 43.6 Å². The molecule has 4 aromatic rings. The average Bonchev–Trinajstić information content (AvgIpc) is 3.44. The maximum atomic E-state index is 12.3. The molecule has 4 N–H and O–H groups in total. The number of hydrogen-bond acceptors (Lipinski definition) is 7. The first-order valence-corrected chi connectivity index (χ1v) is 10.9. The number of aryl methyl sites for hydroxylation is 1. The van der Waals surface area contributed by atoms with Gasteiger partial charge in [-0.15, -0.1) is 0 Å². The van der Waals surface area contributed by atoms with E-state index >= 15 is 0 Å². The van der Waals surface area contributed by atoms with Crippen molar-refractivity contribution in [3.05, 3.63) is 66.2 Å². The maximum absolute atomic E-state index is 12.3. The molecule has 0 bridgehead atoms. The van der Waals surface area contributed by atoms with Crippen LogP contribution >= 0.6 is 0 Å². The molecule has 1 unspecified atom stereocenters. The summed E-state index contributed by atoms with van der Waals surface area (Å²) in [7, 11) is 1.86. The van der Waals surface area contributed by atoms with Crippen molar-refractivity contribution in [1.82, 2.24) is 35.0 Å². The van der Waals surface area contributed by atoms with E-state index < -0.39 is 6.09 Å². The summed E-state index contributed by atoms with van der Waals surface area (Å²) in [5, 5.41) is 14.9. The molecule has 0 spiro atoms. The standard InChI is InChI=1S/C23H28N8O2/c1-3-9-25-20(13-26-23(32)33-15-16-7-5-4-6-8-16)19-10-21(24)31-22(29-19)18(12-28-31)17-11-27-30(2)14-17/h4-8,10-12,14,20,25H,3,9,13,15,24H2,1-2H3,(H,26,32). The lowest BCUT2D eigenvalue weighted by molar-refractivity contribution is 0.138. The second-order valence-electron chi connectivity index (χ2n) is 7.75. The predicted molar refractivity (Wildman–Crippen MR) is 125 cm³/mol. The number of rotatable bonds is 9. The monoisotopic (exact) mass is 448 g/mol. The number of carbonyl (C=O) groups is 1. The Morgan fingerprint density at radius 1 is 1.21 bits per heavy atom. The number of anilines is 1. The smallest absolute Gasteiger partial charge is 0.407 e. The molecule has 4 rings (SSSR count). The molecule has 1 amide bonds. The molecule has 172 valence electrons. The third-order valence-corrected chi connectivity index (χ3v) is 5.20. The van der Waals surface area contributed by atoms with Crippen molar-refractivity contribution >= 4 is 17.6 Å². The molecule has 0 radical (unpaired) electrons. The molecular formula is C23H28N8O2. The number of nitrogens with two attached hydrogens (primary N) is 1. The SMILES string of the molecule is CCCNC(CNC(=O)OCc1ccccc1)c1cc(N)n2ncc(-c3cnn(C)c3)c2n1. The Kier molecular flexibility index (Phi) is 6.84. The fourth-order valence-corrected chi connectivity index (χ4v) is 3.51. The number of nitrogens with zero attached hydrogens (tertiary/aromatic N) is 5. The van der Waals surface area contributed by atoms with Crippen LogP contribution in [0.1, 0.15) is 30.6 Å². The molecule has 0 fully saturated rings. The van der Waals surface area contributed by atoms with Crippen LogP contribution in [0.15, 0.2) is 55.0 Å². The molecule has 0 saturated heterocycles. The number of aromatic nitrogens is 5. The van der Waals surface area contributed by atoms with Gasteiger partial charge >= 0.3 is 6.09 Å². The molecule has 0 aliphatic carbocycles. The van der Waals surface area contributed by atoms with Gasteiger partial charge in [-0.2, -0.15) is 14.7 Å². The third-order valence-electron chi connectivity index (χ3n) is 5.20. The van der Waals surface area contributed by atoms with Gasteiger partial charge in [-0.05, 0) is 18.5 Å². The van der Waals surface area contributed by atoms with Gasteiger partial charge in [-0.3, -0.25) is 4.68 Å².